The van der Waals surface area contributed by atoms with Gasteiger partial charge in [-0.25, -0.2) is 9.97 Å². The summed E-state index contributed by atoms with van der Waals surface area (Å²) in [5, 5.41) is 0. The van der Waals surface area contributed by atoms with E-state index in [-0.39, 0.29) is 0 Å². The predicted molar refractivity (Wildman–Crippen MR) is 99.6 cm³/mol. The van der Waals surface area contributed by atoms with Crippen molar-refractivity contribution in [1.29, 1.82) is 0 Å². The molecule has 4 aromatic rings. The molecule has 2 aromatic heterocycles. The molecule has 0 aliphatic rings. The van der Waals surface area contributed by atoms with Gasteiger partial charge in [0.15, 0.2) is 5.82 Å². The highest BCUT2D eigenvalue weighted by Gasteiger charge is 2.11. The maximum absolute atomic E-state index is 5.91. The van der Waals surface area contributed by atoms with Crippen LogP contribution in [0.15, 0.2) is 67.3 Å². The molecule has 25 heavy (non-hydrogen) atoms. The smallest absolute Gasteiger partial charge is 0.157 e. The molecule has 124 valence electrons. The Morgan fingerprint density at radius 3 is 2.76 bits per heavy atom. The van der Waals surface area contributed by atoms with Gasteiger partial charge in [0.2, 0.25) is 0 Å². The number of hydrogen-bond donors (Lipinski definition) is 1. The molecule has 2 N–H and O–H groups in total. The van der Waals surface area contributed by atoms with Gasteiger partial charge < -0.3 is 5.73 Å². The number of rotatable bonds is 4. The summed E-state index contributed by atoms with van der Waals surface area (Å²) >= 11 is 0. The summed E-state index contributed by atoms with van der Waals surface area (Å²) in [6, 6.07) is 16.1. The van der Waals surface area contributed by atoms with E-state index in [1.165, 1.54) is 5.56 Å². The van der Waals surface area contributed by atoms with Gasteiger partial charge >= 0.3 is 0 Å². The summed E-state index contributed by atoms with van der Waals surface area (Å²) in [4.78, 5) is 13.6. The summed E-state index contributed by atoms with van der Waals surface area (Å²) in [7, 11) is 0. The van der Waals surface area contributed by atoms with Gasteiger partial charge in [0.1, 0.15) is 6.33 Å². The number of fused-ring (bicyclic) bond motifs is 1. The van der Waals surface area contributed by atoms with E-state index in [2.05, 4.69) is 41.2 Å². The molecule has 5 heteroatoms. The molecule has 2 aromatic carbocycles. The largest absolute Gasteiger partial charge is 0.399 e. The van der Waals surface area contributed by atoms with Crippen molar-refractivity contribution in [2.24, 2.45) is 0 Å². The normalized spacial score (nSPS) is 12.4. The SMILES string of the molecule is C[C@H](Cc1cncc(-n2cnc3ccc(N)cc32)n1)c1ccccc1. The standard InChI is InChI=1S/C20H19N5/c1-14(15-5-3-2-4-6-15)9-17-11-22-12-20(24-17)25-13-23-18-8-7-16(21)10-19(18)25/h2-8,10-14H,9,21H2,1H3/t14-/m1/s1. The average Bonchev–Trinajstić information content (AvgIpc) is 3.05. The minimum atomic E-state index is 0.376. The van der Waals surface area contributed by atoms with E-state index >= 15 is 0 Å². The van der Waals surface area contributed by atoms with Crippen LogP contribution in [0.3, 0.4) is 0 Å². The molecular weight excluding hydrogens is 310 g/mol. The third-order valence-corrected chi connectivity index (χ3v) is 4.37. The van der Waals surface area contributed by atoms with Crippen molar-refractivity contribution >= 4 is 16.7 Å². The van der Waals surface area contributed by atoms with Crippen LogP contribution in [-0.4, -0.2) is 19.5 Å². The first kappa shape index (κ1) is 15.3. The van der Waals surface area contributed by atoms with Crippen LogP contribution in [0.5, 0.6) is 0 Å². The molecule has 0 fully saturated rings. The first-order valence-corrected chi connectivity index (χ1v) is 8.29. The van der Waals surface area contributed by atoms with E-state index in [4.69, 9.17) is 10.7 Å². The van der Waals surface area contributed by atoms with Gasteiger partial charge in [-0.05, 0) is 36.1 Å². The van der Waals surface area contributed by atoms with Crippen molar-refractivity contribution in [3.05, 3.63) is 78.5 Å². The number of anilines is 1. The summed E-state index contributed by atoms with van der Waals surface area (Å²) in [6.45, 7) is 2.21. The van der Waals surface area contributed by atoms with Gasteiger partial charge in [0.05, 0.1) is 22.9 Å². The Bertz CT molecular complexity index is 1010. The maximum Gasteiger partial charge on any atom is 0.157 e. The van der Waals surface area contributed by atoms with Gasteiger partial charge in [-0.15, -0.1) is 0 Å². The third-order valence-electron chi connectivity index (χ3n) is 4.37. The van der Waals surface area contributed by atoms with Crippen LogP contribution in [0.2, 0.25) is 0 Å². The highest BCUT2D eigenvalue weighted by Crippen LogP contribution is 2.21. The molecule has 0 saturated carbocycles. The average molecular weight is 329 g/mol. The van der Waals surface area contributed by atoms with E-state index in [0.717, 1.165) is 29.0 Å². The molecule has 0 radical (unpaired) electrons. The van der Waals surface area contributed by atoms with E-state index < -0.39 is 0 Å². The van der Waals surface area contributed by atoms with Gasteiger partial charge in [0, 0.05) is 11.9 Å². The summed E-state index contributed by atoms with van der Waals surface area (Å²) < 4.78 is 1.93. The number of hydrogen-bond acceptors (Lipinski definition) is 4. The number of nitrogen functional groups attached to an aromatic ring is 1. The summed E-state index contributed by atoms with van der Waals surface area (Å²) in [5.41, 5.74) is 10.7. The molecule has 0 unspecified atom stereocenters. The maximum atomic E-state index is 5.91. The Morgan fingerprint density at radius 2 is 1.92 bits per heavy atom. The zero-order valence-corrected chi connectivity index (χ0v) is 14.0. The molecule has 0 bridgehead atoms. The highest BCUT2D eigenvalue weighted by molar-refractivity contribution is 5.80. The summed E-state index contributed by atoms with van der Waals surface area (Å²) in [6.07, 6.45) is 6.18. The van der Waals surface area contributed by atoms with Crippen LogP contribution < -0.4 is 5.73 Å². The Labute approximate surface area is 146 Å². The molecule has 5 nitrogen and oxygen atoms in total. The number of imidazole rings is 1. The van der Waals surface area contributed by atoms with Crippen LogP contribution in [-0.2, 0) is 6.42 Å². The Balaban J connectivity index is 1.66. The fourth-order valence-corrected chi connectivity index (χ4v) is 3.03. The van der Waals surface area contributed by atoms with E-state index in [1.54, 1.807) is 12.5 Å². The predicted octanol–water partition coefficient (Wildman–Crippen LogP) is 3.74. The molecule has 0 saturated heterocycles. The summed E-state index contributed by atoms with van der Waals surface area (Å²) in [5.74, 6) is 1.13. The quantitative estimate of drug-likeness (QED) is 0.579. The Hall–Kier alpha value is -3.21. The zero-order chi connectivity index (χ0) is 17.2. The Morgan fingerprint density at radius 1 is 1.08 bits per heavy atom. The molecule has 0 spiro atoms. The van der Waals surface area contributed by atoms with Crippen LogP contribution in [0.4, 0.5) is 5.69 Å². The number of nitrogens with zero attached hydrogens (tertiary/aromatic N) is 4. The van der Waals surface area contributed by atoms with Gasteiger partial charge in [-0.1, -0.05) is 37.3 Å². The van der Waals surface area contributed by atoms with E-state index in [9.17, 15) is 0 Å². The van der Waals surface area contributed by atoms with E-state index in [1.807, 2.05) is 35.0 Å². The second-order valence-electron chi connectivity index (χ2n) is 6.25. The molecule has 0 amide bonds. The van der Waals surface area contributed by atoms with Gasteiger partial charge in [0.25, 0.3) is 0 Å². The zero-order valence-electron chi connectivity index (χ0n) is 14.0. The van der Waals surface area contributed by atoms with Crippen molar-refractivity contribution in [3.8, 4) is 5.82 Å². The second-order valence-corrected chi connectivity index (χ2v) is 6.25. The lowest BCUT2D eigenvalue weighted by molar-refractivity contribution is 0.732. The van der Waals surface area contributed by atoms with Gasteiger partial charge in [-0.2, -0.15) is 0 Å². The van der Waals surface area contributed by atoms with Crippen LogP contribution >= 0.6 is 0 Å². The molecule has 0 aliphatic heterocycles. The molecule has 2 heterocycles. The highest BCUT2D eigenvalue weighted by atomic mass is 15.1. The lowest BCUT2D eigenvalue weighted by Gasteiger charge is -2.12. The minimum absolute atomic E-state index is 0.376. The first-order chi connectivity index (χ1) is 12.2. The van der Waals surface area contributed by atoms with Crippen LogP contribution in [0, 0.1) is 0 Å². The molecule has 4 rings (SSSR count). The second kappa shape index (κ2) is 6.36. The molecule has 0 aliphatic carbocycles. The van der Waals surface area contributed by atoms with Gasteiger partial charge in [-0.3, -0.25) is 9.55 Å². The van der Waals surface area contributed by atoms with Crippen molar-refractivity contribution in [1.82, 2.24) is 19.5 Å². The van der Waals surface area contributed by atoms with Crippen molar-refractivity contribution in [2.45, 2.75) is 19.3 Å². The minimum Gasteiger partial charge on any atom is -0.399 e. The fourth-order valence-electron chi connectivity index (χ4n) is 3.03. The fraction of sp³-hybridized carbons (Fsp3) is 0.150. The van der Waals surface area contributed by atoms with Crippen LogP contribution in [0.25, 0.3) is 16.9 Å². The third kappa shape index (κ3) is 3.08. The lowest BCUT2D eigenvalue weighted by atomic mass is 9.96. The van der Waals surface area contributed by atoms with Crippen molar-refractivity contribution in [3.63, 3.8) is 0 Å². The van der Waals surface area contributed by atoms with Crippen molar-refractivity contribution in [2.75, 3.05) is 5.73 Å². The first-order valence-electron chi connectivity index (χ1n) is 8.29. The van der Waals surface area contributed by atoms with Crippen LogP contribution in [0.1, 0.15) is 24.1 Å². The lowest BCUT2D eigenvalue weighted by Crippen LogP contribution is -2.04. The monoisotopic (exact) mass is 329 g/mol. The number of benzene rings is 2. The topological polar surface area (TPSA) is 69.6 Å². The molecular formula is C20H19N5. The molecule has 1 atom stereocenters. The Kier molecular flexibility index (Phi) is 3.90. The number of aromatic nitrogens is 4. The van der Waals surface area contributed by atoms with Crippen molar-refractivity contribution < 1.29 is 0 Å². The van der Waals surface area contributed by atoms with E-state index in [0.29, 0.717) is 11.6 Å². The number of nitrogens with two attached hydrogens (primary N) is 1.